The number of rotatable bonds is 4. The summed E-state index contributed by atoms with van der Waals surface area (Å²) in [5, 5.41) is 3.80. The van der Waals surface area contributed by atoms with Gasteiger partial charge in [-0.25, -0.2) is 4.68 Å². The Morgan fingerprint density at radius 1 is 1.13 bits per heavy atom. The second-order valence-electron chi connectivity index (χ2n) is 7.18. The second kappa shape index (κ2) is 7.64. The van der Waals surface area contributed by atoms with E-state index in [0.717, 1.165) is 22.4 Å². The van der Waals surface area contributed by atoms with Crippen molar-refractivity contribution < 1.29 is 22.7 Å². The van der Waals surface area contributed by atoms with E-state index in [1.54, 1.807) is 29.2 Å². The van der Waals surface area contributed by atoms with E-state index in [2.05, 4.69) is 5.10 Å². The summed E-state index contributed by atoms with van der Waals surface area (Å²) >= 11 is 0. The number of hydrogen-bond acceptors (Lipinski definition) is 4. The number of carbonyl (C=O) groups excluding carboxylic acids is 1. The SMILES string of the molecule is COc1ccc(-n2nc(C(F)(F)F)c3c2C(=O)N(C2=CC=C(CN)CC2)CC3)cc1. The molecule has 2 aromatic rings. The van der Waals surface area contributed by atoms with Gasteiger partial charge in [-0.1, -0.05) is 11.6 Å². The van der Waals surface area contributed by atoms with Crippen molar-refractivity contribution in [2.24, 2.45) is 5.73 Å². The van der Waals surface area contributed by atoms with Gasteiger partial charge < -0.3 is 15.4 Å². The van der Waals surface area contributed by atoms with Crippen molar-refractivity contribution in [2.45, 2.75) is 25.4 Å². The summed E-state index contributed by atoms with van der Waals surface area (Å²) in [7, 11) is 1.50. The Morgan fingerprint density at radius 2 is 1.87 bits per heavy atom. The van der Waals surface area contributed by atoms with E-state index in [1.165, 1.54) is 7.11 Å². The number of methoxy groups -OCH3 is 1. The van der Waals surface area contributed by atoms with Crippen LogP contribution < -0.4 is 10.5 Å². The van der Waals surface area contributed by atoms with Crippen molar-refractivity contribution in [3.8, 4) is 11.4 Å². The lowest BCUT2D eigenvalue weighted by molar-refractivity contribution is -0.142. The van der Waals surface area contributed by atoms with Crippen LogP contribution in [0.5, 0.6) is 5.75 Å². The molecule has 2 N–H and O–H groups in total. The minimum atomic E-state index is -4.65. The zero-order valence-electron chi connectivity index (χ0n) is 16.4. The molecule has 2 aliphatic rings. The van der Waals surface area contributed by atoms with E-state index in [-0.39, 0.29) is 24.2 Å². The van der Waals surface area contributed by atoms with E-state index < -0.39 is 17.8 Å². The number of carbonyl (C=O) groups is 1. The number of allylic oxidation sites excluding steroid dienone is 3. The molecule has 158 valence electrons. The van der Waals surface area contributed by atoms with Crippen LogP contribution in [0.2, 0.25) is 0 Å². The quantitative estimate of drug-likeness (QED) is 0.825. The maximum atomic E-state index is 13.6. The number of nitrogens with two attached hydrogens (primary N) is 1. The lowest BCUT2D eigenvalue weighted by Gasteiger charge is -2.31. The molecule has 0 saturated carbocycles. The first-order chi connectivity index (χ1) is 14.3. The third kappa shape index (κ3) is 3.49. The molecule has 0 unspecified atom stereocenters. The van der Waals surface area contributed by atoms with E-state index in [1.807, 2.05) is 12.2 Å². The molecule has 1 aliphatic carbocycles. The lowest BCUT2D eigenvalue weighted by atomic mass is 9.98. The summed E-state index contributed by atoms with van der Waals surface area (Å²) in [6.45, 7) is 0.627. The van der Waals surface area contributed by atoms with Gasteiger partial charge in [0, 0.05) is 24.4 Å². The predicted molar refractivity (Wildman–Crippen MR) is 104 cm³/mol. The van der Waals surface area contributed by atoms with Gasteiger partial charge in [-0.05, 0) is 49.6 Å². The molecule has 1 aromatic carbocycles. The van der Waals surface area contributed by atoms with Crippen LogP contribution in [0.4, 0.5) is 13.2 Å². The number of benzene rings is 1. The molecule has 30 heavy (non-hydrogen) atoms. The number of aromatic nitrogens is 2. The first kappa shape index (κ1) is 20.2. The fraction of sp³-hybridized carbons (Fsp3) is 0.333. The van der Waals surface area contributed by atoms with Crippen molar-refractivity contribution in [2.75, 3.05) is 20.2 Å². The average molecular weight is 418 g/mol. The normalized spacial score (nSPS) is 16.8. The standard InChI is InChI=1S/C21H21F3N4O2/c1-30-16-8-6-15(7-9-16)28-18-17(19(26-28)21(22,23)24)10-11-27(20(18)29)14-4-2-13(12-25)3-5-14/h2,4,6-9H,3,5,10-12,25H2,1H3. The molecule has 0 bridgehead atoms. The highest BCUT2D eigenvalue weighted by molar-refractivity contribution is 5.97. The number of halogens is 3. The van der Waals surface area contributed by atoms with Gasteiger partial charge >= 0.3 is 6.18 Å². The Hall–Kier alpha value is -3.07. The van der Waals surface area contributed by atoms with Crippen LogP contribution in [-0.4, -0.2) is 40.8 Å². The Balaban J connectivity index is 1.79. The fourth-order valence-electron chi connectivity index (χ4n) is 3.84. The molecule has 0 radical (unpaired) electrons. The zero-order chi connectivity index (χ0) is 21.5. The van der Waals surface area contributed by atoms with Crippen LogP contribution in [-0.2, 0) is 12.6 Å². The van der Waals surface area contributed by atoms with E-state index >= 15 is 0 Å². The first-order valence-electron chi connectivity index (χ1n) is 9.57. The average Bonchev–Trinajstić information content (AvgIpc) is 3.15. The summed E-state index contributed by atoms with van der Waals surface area (Å²) in [5.74, 6) is 0.0737. The van der Waals surface area contributed by atoms with Crippen LogP contribution in [0.25, 0.3) is 5.69 Å². The van der Waals surface area contributed by atoms with Crippen LogP contribution in [0, 0.1) is 0 Å². The first-order valence-corrected chi connectivity index (χ1v) is 9.57. The van der Waals surface area contributed by atoms with E-state index in [0.29, 0.717) is 24.4 Å². The third-order valence-corrected chi connectivity index (χ3v) is 5.42. The van der Waals surface area contributed by atoms with Gasteiger partial charge in [-0.15, -0.1) is 0 Å². The summed E-state index contributed by atoms with van der Waals surface area (Å²) in [5.41, 5.74) is 6.76. The molecule has 0 fully saturated rings. The van der Waals surface area contributed by atoms with Gasteiger partial charge in [-0.2, -0.15) is 18.3 Å². The molecule has 0 spiro atoms. The minimum absolute atomic E-state index is 0.0479. The minimum Gasteiger partial charge on any atom is -0.497 e. The highest BCUT2D eigenvalue weighted by Crippen LogP contribution is 2.37. The highest BCUT2D eigenvalue weighted by atomic mass is 19.4. The van der Waals surface area contributed by atoms with Crippen LogP contribution >= 0.6 is 0 Å². The number of alkyl halides is 3. The largest absolute Gasteiger partial charge is 0.497 e. The molecule has 1 aliphatic heterocycles. The second-order valence-corrected chi connectivity index (χ2v) is 7.18. The van der Waals surface area contributed by atoms with Gasteiger partial charge in [0.1, 0.15) is 11.4 Å². The molecule has 1 aromatic heterocycles. The Bertz CT molecular complexity index is 1040. The van der Waals surface area contributed by atoms with Crippen LogP contribution in [0.15, 0.2) is 47.7 Å². The number of fused-ring (bicyclic) bond motifs is 1. The van der Waals surface area contributed by atoms with Crippen LogP contribution in [0.1, 0.15) is 34.6 Å². The molecule has 0 atom stereocenters. The van der Waals surface area contributed by atoms with Crippen molar-refractivity contribution in [3.63, 3.8) is 0 Å². The highest BCUT2D eigenvalue weighted by Gasteiger charge is 2.43. The monoisotopic (exact) mass is 418 g/mol. The molecule has 1 amide bonds. The third-order valence-electron chi connectivity index (χ3n) is 5.42. The predicted octanol–water partition coefficient (Wildman–Crippen LogP) is 3.46. The van der Waals surface area contributed by atoms with Gasteiger partial charge in [0.2, 0.25) is 0 Å². The van der Waals surface area contributed by atoms with Crippen molar-refractivity contribution >= 4 is 5.91 Å². The zero-order valence-corrected chi connectivity index (χ0v) is 16.4. The molecule has 2 heterocycles. The number of hydrogen-bond donors (Lipinski definition) is 1. The summed E-state index contributed by atoms with van der Waals surface area (Å²) in [4.78, 5) is 14.9. The fourth-order valence-corrected chi connectivity index (χ4v) is 3.84. The number of amides is 1. The molecular formula is C21H21F3N4O2. The van der Waals surface area contributed by atoms with Gasteiger partial charge in [0.15, 0.2) is 5.69 Å². The summed E-state index contributed by atoms with van der Waals surface area (Å²) in [6, 6.07) is 6.39. The van der Waals surface area contributed by atoms with Gasteiger partial charge in [0.25, 0.3) is 5.91 Å². The van der Waals surface area contributed by atoms with Crippen molar-refractivity contribution in [3.05, 3.63) is 64.6 Å². The van der Waals surface area contributed by atoms with Crippen molar-refractivity contribution in [1.29, 1.82) is 0 Å². The lowest BCUT2D eigenvalue weighted by Crippen LogP contribution is -2.38. The van der Waals surface area contributed by atoms with Crippen molar-refractivity contribution in [1.82, 2.24) is 14.7 Å². The summed E-state index contributed by atoms with van der Waals surface area (Å²) in [6.07, 6.45) is 0.484. The molecule has 9 heteroatoms. The maximum Gasteiger partial charge on any atom is 0.435 e. The molecule has 6 nitrogen and oxygen atoms in total. The molecule has 4 rings (SSSR count). The van der Waals surface area contributed by atoms with Crippen LogP contribution in [0.3, 0.4) is 0 Å². The van der Waals surface area contributed by atoms with E-state index in [4.69, 9.17) is 10.5 Å². The molecule has 0 saturated heterocycles. The summed E-state index contributed by atoms with van der Waals surface area (Å²) < 4.78 is 47.1. The Morgan fingerprint density at radius 3 is 2.43 bits per heavy atom. The smallest absolute Gasteiger partial charge is 0.435 e. The molecular weight excluding hydrogens is 397 g/mol. The number of nitrogens with zero attached hydrogens (tertiary/aromatic N) is 3. The maximum absolute atomic E-state index is 13.6. The van der Waals surface area contributed by atoms with Gasteiger partial charge in [-0.3, -0.25) is 4.79 Å². The number of ether oxygens (including phenoxy) is 1. The van der Waals surface area contributed by atoms with E-state index in [9.17, 15) is 18.0 Å². The Kier molecular flexibility index (Phi) is 5.15. The van der Waals surface area contributed by atoms with Gasteiger partial charge in [0.05, 0.1) is 12.8 Å². The Labute approximate surface area is 171 Å². The topological polar surface area (TPSA) is 73.4 Å².